The first kappa shape index (κ1) is 13.3. The highest BCUT2D eigenvalue weighted by Gasteiger charge is 2.22. The Bertz CT molecular complexity index is 221. The molecule has 2 unspecified atom stereocenters. The van der Waals surface area contributed by atoms with Crippen LogP contribution in [0.2, 0.25) is 0 Å². The molecule has 1 fully saturated rings. The molecule has 94 valence electrons. The molecule has 0 spiro atoms. The molecule has 1 saturated carbocycles. The molecule has 0 radical (unpaired) electrons. The highest BCUT2D eigenvalue weighted by Crippen LogP contribution is 2.23. The van der Waals surface area contributed by atoms with Crippen molar-refractivity contribution < 1.29 is 9.90 Å². The Kier molecular flexibility index (Phi) is 5.60. The summed E-state index contributed by atoms with van der Waals surface area (Å²) in [5.74, 6) is 0.715. The summed E-state index contributed by atoms with van der Waals surface area (Å²) in [7, 11) is 0. The van der Waals surface area contributed by atoms with E-state index in [0.29, 0.717) is 25.0 Å². The topological polar surface area (TPSA) is 52.6 Å². The fraction of sp³-hybridized carbons (Fsp3) is 0.917. The fourth-order valence-corrected chi connectivity index (χ4v) is 2.36. The monoisotopic (exact) mass is 228 g/mol. The molecule has 4 nitrogen and oxygen atoms in total. The molecular weight excluding hydrogens is 204 g/mol. The summed E-state index contributed by atoms with van der Waals surface area (Å²) in [4.78, 5) is 13.5. The van der Waals surface area contributed by atoms with E-state index in [0.717, 1.165) is 12.8 Å². The van der Waals surface area contributed by atoms with Crippen molar-refractivity contribution in [3.63, 3.8) is 0 Å². The van der Waals surface area contributed by atoms with Gasteiger partial charge in [0.25, 0.3) is 0 Å². The molecule has 2 atom stereocenters. The highest BCUT2D eigenvalue weighted by molar-refractivity contribution is 5.74. The Morgan fingerprint density at radius 2 is 2.25 bits per heavy atom. The SMILES string of the molecule is CCN(CCO)C(=O)NC1CCCC(C)C1. The smallest absolute Gasteiger partial charge is 0.317 e. The van der Waals surface area contributed by atoms with Crippen molar-refractivity contribution in [3.8, 4) is 0 Å². The van der Waals surface area contributed by atoms with Gasteiger partial charge in [0.05, 0.1) is 6.61 Å². The van der Waals surface area contributed by atoms with Crippen LogP contribution in [0.5, 0.6) is 0 Å². The van der Waals surface area contributed by atoms with E-state index in [1.165, 1.54) is 12.8 Å². The summed E-state index contributed by atoms with van der Waals surface area (Å²) in [6.45, 7) is 5.27. The van der Waals surface area contributed by atoms with Crippen molar-refractivity contribution in [1.29, 1.82) is 0 Å². The number of nitrogens with zero attached hydrogens (tertiary/aromatic N) is 1. The Hall–Kier alpha value is -0.770. The van der Waals surface area contributed by atoms with Gasteiger partial charge in [-0.2, -0.15) is 0 Å². The zero-order chi connectivity index (χ0) is 12.0. The Balaban J connectivity index is 2.36. The van der Waals surface area contributed by atoms with Gasteiger partial charge < -0.3 is 15.3 Å². The van der Waals surface area contributed by atoms with Gasteiger partial charge in [0.15, 0.2) is 0 Å². The number of hydrogen-bond donors (Lipinski definition) is 2. The Morgan fingerprint density at radius 3 is 2.81 bits per heavy atom. The van der Waals surface area contributed by atoms with Gasteiger partial charge in [-0.3, -0.25) is 0 Å². The van der Waals surface area contributed by atoms with Crippen molar-refractivity contribution in [1.82, 2.24) is 10.2 Å². The van der Waals surface area contributed by atoms with E-state index in [4.69, 9.17) is 5.11 Å². The molecule has 1 aliphatic rings. The maximum Gasteiger partial charge on any atom is 0.317 e. The predicted octanol–water partition coefficient (Wildman–Crippen LogP) is 1.59. The normalized spacial score (nSPS) is 25.2. The number of urea groups is 1. The first-order chi connectivity index (χ1) is 7.67. The molecule has 2 N–H and O–H groups in total. The summed E-state index contributed by atoms with van der Waals surface area (Å²) in [5.41, 5.74) is 0. The lowest BCUT2D eigenvalue weighted by atomic mass is 9.87. The Morgan fingerprint density at radius 1 is 1.50 bits per heavy atom. The number of likely N-dealkylation sites (N-methyl/N-ethyl adjacent to an activating group) is 1. The van der Waals surface area contributed by atoms with E-state index < -0.39 is 0 Å². The lowest BCUT2D eigenvalue weighted by Gasteiger charge is -2.30. The maximum atomic E-state index is 11.8. The number of carbonyl (C=O) groups is 1. The number of nitrogens with one attached hydrogen (secondary N) is 1. The number of aliphatic hydroxyl groups excluding tert-OH is 1. The van der Waals surface area contributed by atoms with E-state index in [9.17, 15) is 4.79 Å². The third-order valence-electron chi connectivity index (χ3n) is 3.30. The second-order valence-corrected chi connectivity index (χ2v) is 4.72. The molecule has 2 amide bonds. The van der Waals surface area contributed by atoms with Gasteiger partial charge in [0.1, 0.15) is 0 Å². The molecule has 1 aliphatic carbocycles. The molecule has 16 heavy (non-hydrogen) atoms. The number of amides is 2. The number of carbonyl (C=O) groups excluding carboxylic acids is 1. The molecule has 0 saturated heterocycles. The van der Waals surface area contributed by atoms with Crippen LogP contribution in [0, 0.1) is 5.92 Å². The van der Waals surface area contributed by atoms with Crippen molar-refractivity contribution in [2.45, 2.75) is 45.6 Å². The average molecular weight is 228 g/mol. The van der Waals surface area contributed by atoms with E-state index in [2.05, 4.69) is 12.2 Å². The average Bonchev–Trinajstić information content (AvgIpc) is 2.25. The van der Waals surface area contributed by atoms with Crippen LogP contribution in [0.1, 0.15) is 39.5 Å². The molecule has 0 aromatic rings. The summed E-state index contributed by atoms with van der Waals surface area (Å²) < 4.78 is 0. The molecule has 0 heterocycles. The molecule has 0 aliphatic heterocycles. The van der Waals surface area contributed by atoms with Crippen molar-refractivity contribution >= 4 is 6.03 Å². The lowest BCUT2D eigenvalue weighted by Crippen LogP contribution is -2.47. The minimum Gasteiger partial charge on any atom is -0.395 e. The molecule has 0 aromatic heterocycles. The molecular formula is C12H24N2O2. The quantitative estimate of drug-likeness (QED) is 0.767. The van der Waals surface area contributed by atoms with Gasteiger partial charge in [0.2, 0.25) is 0 Å². The van der Waals surface area contributed by atoms with Crippen LogP contribution in [-0.2, 0) is 0 Å². The third kappa shape index (κ3) is 4.00. The van der Waals surface area contributed by atoms with Crippen LogP contribution < -0.4 is 5.32 Å². The van der Waals surface area contributed by atoms with Gasteiger partial charge >= 0.3 is 6.03 Å². The summed E-state index contributed by atoms with van der Waals surface area (Å²) >= 11 is 0. The molecule has 4 heteroatoms. The number of aliphatic hydroxyl groups is 1. The summed E-state index contributed by atoms with van der Waals surface area (Å²) in [6.07, 6.45) is 4.66. The van der Waals surface area contributed by atoms with Crippen LogP contribution in [0.15, 0.2) is 0 Å². The molecule has 0 aromatic carbocycles. The van der Waals surface area contributed by atoms with E-state index in [-0.39, 0.29) is 12.6 Å². The molecule has 0 bridgehead atoms. The van der Waals surface area contributed by atoms with Gasteiger partial charge in [-0.05, 0) is 25.7 Å². The Labute approximate surface area is 98.0 Å². The first-order valence-electron chi connectivity index (χ1n) is 6.33. The lowest BCUT2D eigenvalue weighted by molar-refractivity contribution is 0.172. The van der Waals surface area contributed by atoms with Crippen LogP contribution in [0.4, 0.5) is 4.79 Å². The first-order valence-corrected chi connectivity index (χ1v) is 6.33. The third-order valence-corrected chi connectivity index (χ3v) is 3.30. The van der Waals surface area contributed by atoms with Gasteiger partial charge in [-0.1, -0.05) is 19.8 Å². The van der Waals surface area contributed by atoms with Crippen LogP contribution in [0.3, 0.4) is 0 Å². The van der Waals surface area contributed by atoms with E-state index in [1.54, 1.807) is 4.90 Å². The summed E-state index contributed by atoms with van der Waals surface area (Å²) in [6, 6.07) is 0.291. The second-order valence-electron chi connectivity index (χ2n) is 4.72. The zero-order valence-electron chi connectivity index (χ0n) is 10.4. The summed E-state index contributed by atoms with van der Waals surface area (Å²) in [5, 5.41) is 11.9. The van der Waals surface area contributed by atoms with Gasteiger partial charge in [0, 0.05) is 19.1 Å². The van der Waals surface area contributed by atoms with E-state index >= 15 is 0 Å². The minimum absolute atomic E-state index is 0.0301. The minimum atomic E-state index is -0.0318. The van der Waals surface area contributed by atoms with Gasteiger partial charge in [-0.15, -0.1) is 0 Å². The van der Waals surface area contributed by atoms with Crippen molar-refractivity contribution in [2.24, 2.45) is 5.92 Å². The fourth-order valence-electron chi connectivity index (χ4n) is 2.36. The molecule has 1 rings (SSSR count). The second kappa shape index (κ2) is 6.74. The van der Waals surface area contributed by atoms with Gasteiger partial charge in [-0.25, -0.2) is 4.79 Å². The van der Waals surface area contributed by atoms with Crippen LogP contribution >= 0.6 is 0 Å². The van der Waals surface area contributed by atoms with Crippen LogP contribution in [-0.4, -0.2) is 41.8 Å². The van der Waals surface area contributed by atoms with Crippen molar-refractivity contribution in [3.05, 3.63) is 0 Å². The van der Waals surface area contributed by atoms with E-state index in [1.807, 2.05) is 6.92 Å². The maximum absolute atomic E-state index is 11.8. The largest absolute Gasteiger partial charge is 0.395 e. The number of rotatable bonds is 4. The highest BCUT2D eigenvalue weighted by atomic mass is 16.3. The number of hydrogen-bond acceptors (Lipinski definition) is 2. The van der Waals surface area contributed by atoms with Crippen molar-refractivity contribution in [2.75, 3.05) is 19.7 Å². The van der Waals surface area contributed by atoms with Crippen LogP contribution in [0.25, 0.3) is 0 Å². The zero-order valence-corrected chi connectivity index (χ0v) is 10.4. The standard InChI is InChI=1S/C12H24N2O2/c1-3-14(7-8-15)12(16)13-11-6-4-5-10(2)9-11/h10-11,15H,3-9H2,1-2H3,(H,13,16). The predicted molar refractivity (Wildman–Crippen MR) is 64.3 cm³/mol.